The number of amides is 2. The highest BCUT2D eigenvalue weighted by Gasteiger charge is 2.22. The van der Waals surface area contributed by atoms with E-state index in [0.29, 0.717) is 29.9 Å². The van der Waals surface area contributed by atoms with Crippen LogP contribution in [0.4, 0.5) is 5.69 Å². The number of aromatic nitrogens is 2. The van der Waals surface area contributed by atoms with E-state index >= 15 is 0 Å². The van der Waals surface area contributed by atoms with Gasteiger partial charge in [-0.15, -0.1) is 0 Å². The van der Waals surface area contributed by atoms with Crippen LogP contribution in [0, 0.1) is 5.41 Å². The zero-order valence-electron chi connectivity index (χ0n) is 16.3. The molecule has 146 valence electrons. The molecule has 7 heteroatoms. The summed E-state index contributed by atoms with van der Waals surface area (Å²) in [6, 6.07) is 12.2. The number of nitrogens with two attached hydrogens (primary N) is 1. The Morgan fingerprint density at radius 3 is 2.71 bits per heavy atom. The van der Waals surface area contributed by atoms with Gasteiger partial charge in [-0.05, 0) is 48.4 Å². The lowest BCUT2D eigenvalue weighted by atomic mass is 9.93. The minimum absolute atomic E-state index is 0.114. The number of nitrogens with zero attached hydrogens (tertiary/aromatic N) is 2. The van der Waals surface area contributed by atoms with E-state index < -0.39 is 0 Å². The summed E-state index contributed by atoms with van der Waals surface area (Å²) >= 11 is 0. The average molecular weight is 379 g/mol. The molecule has 1 aromatic heterocycles. The van der Waals surface area contributed by atoms with Gasteiger partial charge < -0.3 is 20.9 Å². The fourth-order valence-corrected chi connectivity index (χ4v) is 3.01. The maximum absolute atomic E-state index is 12.7. The molecule has 3 rings (SSSR count). The quantitative estimate of drug-likeness (QED) is 0.612. The van der Waals surface area contributed by atoms with Crippen LogP contribution in [-0.2, 0) is 0 Å². The molecule has 0 fully saturated rings. The fourth-order valence-electron chi connectivity index (χ4n) is 3.01. The van der Waals surface area contributed by atoms with Gasteiger partial charge in [-0.1, -0.05) is 19.9 Å². The van der Waals surface area contributed by atoms with Crippen molar-refractivity contribution in [3.63, 3.8) is 0 Å². The summed E-state index contributed by atoms with van der Waals surface area (Å²) in [4.78, 5) is 34.1. The minimum atomic E-state index is -0.251. The van der Waals surface area contributed by atoms with Crippen molar-refractivity contribution in [2.75, 3.05) is 25.5 Å². The molecule has 0 saturated heterocycles. The summed E-state index contributed by atoms with van der Waals surface area (Å²) < 4.78 is 0. The van der Waals surface area contributed by atoms with Crippen LogP contribution in [0.5, 0.6) is 0 Å². The molecule has 0 aliphatic rings. The maximum Gasteiger partial charge on any atom is 0.255 e. The van der Waals surface area contributed by atoms with E-state index in [0.717, 1.165) is 11.0 Å². The second-order valence-corrected chi connectivity index (χ2v) is 7.70. The van der Waals surface area contributed by atoms with Gasteiger partial charge in [0.1, 0.15) is 0 Å². The molecule has 1 heterocycles. The van der Waals surface area contributed by atoms with Crippen molar-refractivity contribution in [2.45, 2.75) is 13.8 Å². The molecule has 0 spiro atoms. The number of carbonyl (C=O) groups excluding carboxylic acids is 2. The molecule has 0 bridgehead atoms. The normalized spacial score (nSPS) is 11.4. The number of nitrogens with one attached hydrogen (secondary N) is 2. The number of hydrogen-bond acceptors (Lipinski definition) is 4. The van der Waals surface area contributed by atoms with Crippen molar-refractivity contribution < 1.29 is 9.59 Å². The highest BCUT2D eigenvalue weighted by atomic mass is 16.2. The summed E-state index contributed by atoms with van der Waals surface area (Å²) in [7, 11) is 1.75. The standard InChI is InChI=1S/C21H25N5O2/c1-21(2,11-22)12-26(3)20(28)15-5-4-6-16(9-15)25-19(27)14-7-8-17-18(10-14)24-13-23-17/h4-10,13H,11-12,22H2,1-3H3,(H,23,24)(H,25,27). The zero-order valence-corrected chi connectivity index (χ0v) is 16.3. The lowest BCUT2D eigenvalue weighted by molar-refractivity contribution is 0.0740. The van der Waals surface area contributed by atoms with Gasteiger partial charge in [0.25, 0.3) is 11.8 Å². The molecule has 2 aromatic carbocycles. The van der Waals surface area contributed by atoms with Crippen molar-refractivity contribution in [1.29, 1.82) is 0 Å². The molecule has 28 heavy (non-hydrogen) atoms. The Morgan fingerprint density at radius 1 is 1.18 bits per heavy atom. The van der Waals surface area contributed by atoms with E-state index in [1.54, 1.807) is 60.7 Å². The molecule has 0 unspecified atom stereocenters. The number of H-pyrrole nitrogens is 1. The minimum Gasteiger partial charge on any atom is -0.345 e. The van der Waals surface area contributed by atoms with Gasteiger partial charge in [-0.2, -0.15) is 0 Å². The van der Waals surface area contributed by atoms with Crippen molar-refractivity contribution >= 4 is 28.5 Å². The summed E-state index contributed by atoms with van der Waals surface area (Å²) in [5, 5.41) is 2.84. The number of rotatable bonds is 6. The maximum atomic E-state index is 12.7. The van der Waals surface area contributed by atoms with Crippen molar-refractivity contribution in [2.24, 2.45) is 11.1 Å². The average Bonchev–Trinajstić information content (AvgIpc) is 3.15. The first-order valence-electron chi connectivity index (χ1n) is 9.09. The van der Waals surface area contributed by atoms with E-state index in [9.17, 15) is 9.59 Å². The first-order valence-corrected chi connectivity index (χ1v) is 9.09. The molecular weight excluding hydrogens is 354 g/mol. The first kappa shape index (κ1) is 19.6. The Kier molecular flexibility index (Phi) is 5.46. The summed E-state index contributed by atoms with van der Waals surface area (Å²) in [6.07, 6.45) is 1.59. The van der Waals surface area contributed by atoms with Crippen LogP contribution in [0.25, 0.3) is 11.0 Å². The monoisotopic (exact) mass is 379 g/mol. The molecule has 0 aliphatic carbocycles. The van der Waals surface area contributed by atoms with Gasteiger partial charge in [-0.25, -0.2) is 4.98 Å². The number of carbonyl (C=O) groups is 2. The molecule has 0 aliphatic heterocycles. The molecule has 0 atom stereocenters. The summed E-state index contributed by atoms with van der Waals surface area (Å²) in [5.74, 6) is -0.366. The molecule has 2 amide bonds. The number of hydrogen-bond donors (Lipinski definition) is 3. The van der Waals surface area contributed by atoms with Gasteiger partial charge in [0.15, 0.2) is 0 Å². The molecule has 0 radical (unpaired) electrons. The lowest BCUT2D eigenvalue weighted by Gasteiger charge is -2.29. The summed E-state index contributed by atoms with van der Waals surface area (Å²) in [5.41, 5.74) is 8.77. The molecule has 0 saturated carbocycles. The Hall–Kier alpha value is -3.19. The first-order chi connectivity index (χ1) is 13.3. The molecule has 7 nitrogen and oxygen atoms in total. The van der Waals surface area contributed by atoms with E-state index in [1.807, 2.05) is 13.8 Å². The summed E-state index contributed by atoms with van der Waals surface area (Å²) in [6.45, 7) is 5.07. The Bertz CT molecular complexity index is 1010. The number of benzene rings is 2. The SMILES string of the molecule is CN(CC(C)(C)CN)C(=O)c1cccc(NC(=O)c2ccc3nc[nH]c3c2)c1. The Morgan fingerprint density at radius 2 is 1.96 bits per heavy atom. The second kappa shape index (κ2) is 7.82. The van der Waals surface area contributed by atoms with E-state index in [-0.39, 0.29) is 17.2 Å². The number of anilines is 1. The van der Waals surface area contributed by atoms with Crippen LogP contribution in [0.1, 0.15) is 34.6 Å². The number of fused-ring (bicyclic) bond motifs is 1. The largest absolute Gasteiger partial charge is 0.345 e. The van der Waals surface area contributed by atoms with Gasteiger partial charge >= 0.3 is 0 Å². The van der Waals surface area contributed by atoms with Crippen molar-refractivity contribution in [1.82, 2.24) is 14.9 Å². The fraction of sp³-hybridized carbons (Fsp3) is 0.286. The third-order valence-electron chi connectivity index (χ3n) is 4.61. The van der Waals surface area contributed by atoms with E-state index in [4.69, 9.17) is 5.73 Å². The highest BCUT2D eigenvalue weighted by molar-refractivity contribution is 6.06. The lowest BCUT2D eigenvalue weighted by Crippen LogP contribution is -2.39. The molecular formula is C21H25N5O2. The van der Waals surface area contributed by atoms with Gasteiger partial charge in [-0.3, -0.25) is 9.59 Å². The molecule has 4 N–H and O–H groups in total. The topological polar surface area (TPSA) is 104 Å². The third kappa shape index (κ3) is 4.37. The van der Waals surface area contributed by atoms with Crippen LogP contribution >= 0.6 is 0 Å². The van der Waals surface area contributed by atoms with Gasteiger partial charge in [0, 0.05) is 30.4 Å². The molecule has 3 aromatic rings. The van der Waals surface area contributed by atoms with Gasteiger partial charge in [0.05, 0.1) is 17.4 Å². The number of imidazole rings is 1. The van der Waals surface area contributed by atoms with Crippen LogP contribution in [-0.4, -0.2) is 46.8 Å². The van der Waals surface area contributed by atoms with Crippen LogP contribution < -0.4 is 11.1 Å². The van der Waals surface area contributed by atoms with Crippen LogP contribution in [0.15, 0.2) is 48.8 Å². The predicted octanol–water partition coefficient (Wildman–Crippen LogP) is 2.87. The second-order valence-electron chi connectivity index (χ2n) is 7.70. The van der Waals surface area contributed by atoms with E-state index in [2.05, 4.69) is 15.3 Å². The van der Waals surface area contributed by atoms with Crippen LogP contribution in [0.3, 0.4) is 0 Å². The van der Waals surface area contributed by atoms with E-state index in [1.165, 1.54) is 0 Å². The number of aromatic amines is 1. The van der Waals surface area contributed by atoms with Crippen LogP contribution in [0.2, 0.25) is 0 Å². The third-order valence-corrected chi connectivity index (χ3v) is 4.61. The van der Waals surface area contributed by atoms with Crippen molar-refractivity contribution in [3.8, 4) is 0 Å². The Labute approximate surface area is 163 Å². The van der Waals surface area contributed by atoms with Gasteiger partial charge in [0.2, 0.25) is 0 Å². The smallest absolute Gasteiger partial charge is 0.255 e. The predicted molar refractivity (Wildman–Crippen MR) is 110 cm³/mol. The Balaban J connectivity index is 1.73. The highest BCUT2D eigenvalue weighted by Crippen LogP contribution is 2.18. The van der Waals surface area contributed by atoms with Crippen molar-refractivity contribution in [3.05, 3.63) is 59.9 Å². The zero-order chi connectivity index (χ0) is 20.3.